The van der Waals surface area contributed by atoms with Crippen LogP contribution in [0.1, 0.15) is 57.4 Å². The topological polar surface area (TPSA) is 75.6 Å². The monoisotopic (exact) mass is 484 g/mol. The van der Waals surface area contributed by atoms with Crippen molar-refractivity contribution in [2.45, 2.75) is 58.3 Å². The van der Waals surface area contributed by atoms with E-state index in [1.54, 1.807) is 0 Å². The van der Waals surface area contributed by atoms with E-state index in [0.717, 1.165) is 12.2 Å². The minimum Gasteiger partial charge on any atom is -0.491 e. The van der Waals surface area contributed by atoms with Gasteiger partial charge in [-0.3, -0.25) is 0 Å². The number of aliphatic hydroxyl groups excluding tert-OH is 1. The highest BCUT2D eigenvalue weighted by Crippen LogP contribution is 2.21. The fraction of sp³-hybridized carbons (Fsp3) is 0.778. The summed E-state index contributed by atoms with van der Waals surface area (Å²) in [5.41, 5.74) is 1.29. The number of aliphatic hydroxyl groups is 1. The van der Waals surface area contributed by atoms with Crippen LogP contribution in [-0.2, 0) is 30.1 Å². The summed E-state index contributed by atoms with van der Waals surface area (Å²) in [7, 11) is 0. The maximum absolute atomic E-state index is 8.58. The Labute approximate surface area is 207 Å². The lowest BCUT2D eigenvalue weighted by molar-refractivity contribution is -0.0146. The first-order chi connectivity index (χ1) is 16.9. The molecule has 0 amide bonds. The van der Waals surface area contributed by atoms with E-state index in [4.69, 9.17) is 33.5 Å². The molecule has 0 saturated carbocycles. The van der Waals surface area contributed by atoms with Gasteiger partial charge in [0.2, 0.25) is 0 Å². The van der Waals surface area contributed by atoms with Crippen LogP contribution in [0.2, 0.25) is 0 Å². The van der Waals surface area contributed by atoms with E-state index in [1.165, 1.54) is 50.5 Å². The maximum atomic E-state index is 8.58. The summed E-state index contributed by atoms with van der Waals surface area (Å²) in [5.74, 6) is 0.979. The van der Waals surface area contributed by atoms with Crippen molar-refractivity contribution in [1.29, 1.82) is 0 Å². The van der Waals surface area contributed by atoms with E-state index >= 15 is 0 Å². The Morgan fingerprint density at radius 3 is 1.59 bits per heavy atom. The van der Waals surface area contributed by atoms with Crippen LogP contribution in [0.3, 0.4) is 0 Å². The van der Waals surface area contributed by atoms with E-state index in [-0.39, 0.29) is 6.61 Å². The van der Waals surface area contributed by atoms with Crippen molar-refractivity contribution in [3.05, 3.63) is 29.8 Å². The summed E-state index contributed by atoms with van der Waals surface area (Å²) in [6, 6.07) is 8.34. The van der Waals surface area contributed by atoms with Crippen LogP contribution in [-0.4, -0.2) is 84.4 Å². The molecule has 0 aliphatic carbocycles. The van der Waals surface area contributed by atoms with Crippen molar-refractivity contribution >= 4 is 0 Å². The van der Waals surface area contributed by atoms with Gasteiger partial charge in [-0.25, -0.2) is 0 Å². The minimum absolute atomic E-state index is 0.0376. The first kappa shape index (κ1) is 30.8. The summed E-state index contributed by atoms with van der Waals surface area (Å²) in [4.78, 5) is 0. The van der Waals surface area contributed by atoms with Crippen molar-refractivity contribution in [3.8, 4) is 5.75 Å². The zero-order valence-corrected chi connectivity index (χ0v) is 21.3. The van der Waals surface area contributed by atoms with Gasteiger partial charge in [0.15, 0.2) is 0 Å². The number of aryl methyl sites for hydroxylation is 1. The number of hydrogen-bond donors (Lipinski definition) is 1. The van der Waals surface area contributed by atoms with E-state index in [9.17, 15) is 0 Å². The standard InChI is InChI=1S/C27H48O7/c1-2-3-4-5-6-7-8-11-26-12-9-10-13-27(26)34-25-24-33-23-22-32-21-20-31-19-18-30-17-16-29-15-14-28/h9-10,12-13,28H,2-8,11,14-25H2,1H3. The van der Waals surface area contributed by atoms with Crippen molar-refractivity contribution in [1.82, 2.24) is 0 Å². The van der Waals surface area contributed by atoms with Crippen molar-refractivity contribution in [3.63, 3.8) is 0 Å². The molecule has 0 atom stereocenters. The van der Waals surface area contributed by atoms with Crippen LogP contribution in [0.4, 0.5) is 0 Å². The van der Waals surface area contributed by atoms with Crippen LogP contribution in [0.25, 0.3) is 0 Å². The molecule has 0 heterocycles. The number of para-hydroxylation sites is 1. The Hall–Kier alpha value is -1.22. The lowest BCUT2D eigenvalue weighted by atomic mass is 10.0. The first-order valence-electron chi connectivity index (χ1n) is 13.1. The van der Waals surface area contributed by atoms with Gasteiger partial charge in [-0.2, -0.15) is 0 Å². The van der Waals surface area contributed by atoms with Gasteiger partial charge in [0.25, 0.3) is 0 Å². The van der Waals surface area contributed by atoms with Crippen molar-refractivity contribution in [2.75, 3.05) is 79.3 Å². The molecule has 0 aliphatic rings. The van der Waals surface area contributed by atoms with Gasteiger partial charge in [-0.05, 0) is 24.5 Å². The molecular formula is C27H48O7. The Balaban J connectivity index is 1.90. The molecule has 0 saturated heterocycles. The second-order valence-electron chi connectivity index (χ2n) is 8.11. The summed E-state index contributed by atoms with van der Waals surface area (Å²) < 4.78 is 32.9. The molecular weight excluding hydrogens is 436 g/mol. The highest BCUT2D eigenvalue weighted by atomic mass is 16.6. The molecule has 0 bridgehead atoms. The lowest BCUT2D eigenvalue weighted by Gasteiger charge is -2.12. The second kappa shape index (κ2) is 24.9. The molecule has 1 N–H and O–H groups in total. The van der Waals surface area contributed by atoms with Crippen LogP contribution in [0.5, 0.6) is 5.75 Å². The zero-order valence-electron chi connectivity index (χ0n) is 21.3. The molecule has 7 nitrogen and oxygen atoms in total. The molecule has 7 heteroatoms. The van der Waals surface area contributed by atoms with E-state index in [1.807, 2.05) is 6.07 Å². The van der Waals surface area contributed by atoms with E-state index in [0.29, 0.717) is 72.7 Å². The van der Waals surface area contributed by atoms with Gasteiger partial charge in [-0.1, -0.05) is 63.6 Å². The molecule has 1 rings (SSSR count). The summed E-state index contributed by atoms with van der Waals surface area (Å²) in [5, 5.41) is 8.58. The Bertz CT molecular complexity index is 541. The predicted molar refractivity (Wildman–Crippen MR) is 135 cm³/mol. The van der Waals surface area contributed by atoms with Crippen LogP contribution in [0.15, 0.2) is 24.3 Å². The Morgan fingerprint density at radius 1 is 0.559 bits per heavy atom. The molecule has 0 aliphatic heterocycles. The average Bonchev–Trinajstić information content (AvgIpc) is 2.86. The predicted octanol–water partition coefficient (Wildman–Crippen LogP) is 4.43. The smallest absolute Gasteiger partial charge is 0.122 e. The number of rotatable bonds is 26. The zero-order chi connectivity index (χ0) is 24.4. The SMILES string of the molecule is CCCCCCCCCc1ccccc1OCCOCCOCCOCCOCCOCCO. The summed E-state index contributed by atoms with van der Waals surface area (Å²) in [6.07, 6.45) is 10.3. The number of benzene rings is 1. The highest BCUT2D eigenvalue weighted by molar-refractivity contribution is 5.33. The minimum atomic E-state index is 0.0376. The van der Waals surface area contributed by atoms with Crippen LogP contribution < -0.4 is 4.74 Å². The number of hydrogen-bond acceptors (Lipinski definition) is 7. The van der Waals surface area contributed by atoms with Crippen molar-refractivity contribution in [2.24, 2.45) is 0 Å². The molecule has 0 radical (unpaired) electrons. The molecule has 0 fully saturated rings. The fourth-order valence-corrected chi connectivity index (χ4v) is 3.38. The van der Waals surface area contributed by atoms with E-state index < -0.39 is 0 Å². The maximum Gasteiger partial charge on any atom is 0.122 e. The second-order valence-corrected chi connectivity index (χ2v) is 8.11. The molecule has 0 aromatic heterocycles. The third-order valence-corrected chi connectivity index (χ3v) is 5.23. The number of unbranched alkanes of at least 4 members (excludes halogenated alkanes) is 6. The fourth-order valence-electron chi connectivity index (χ4n) is 3.38. The summed E-state index contributed by atoms with van der Waals surface area (Å²) >= 11 is 0. The van der Waals surface area contributed by atoms with Gasteiger partial charge in [-0.15, -0.1) is 0 Å². The lowest BCUT2D eigenvalue weighted by Crippen LogP contribution is -2.14. The van der Waals surface area contributed by atoms with Crippen LogP contribution >= 0.6 is 0 Å². The van der Waals surface area contributed by atoms with Gasteiger partial charge < -0.3 is 33.5 Å². The molecule has 0 unspecified atom stereocenters. The first-order valence-corrected chi connectivity index (χ1v) is 13.1. The van der Waals surface area contributed by atoms with Crippen molar-refractivity contribution < 1.29 is 33.5 Å². The molecule has 198 valence electrons. The summed E-state index contributed by atoms with van der Waals surface area (Å²) in [6.45, 7) is 7.92. The largest absolute Gasteiger partial charge is 0.491 e. The molecule has 34 heavy (non-hydrogen) atoms. The number of ether oxygens (including phenoxy) is 6. The van der Waals surface area contributed by atoms with Gasteiger partial charge in [0.1, 0.15) is 12.4 Å². The van der Waals surface area contributed by atoms with E-state index in [2.05, 4.69) is 25.1 Å². The Morgan fingerprint density at radius 2 is 1.03 bits per heavy atom. The normalized spacial score (nSPS) is 11.2. The van der Waals surface area contributed by atoms with Gasteiger partial charge >= 0.3 is 0 Å². The highest BCUT2D eigenvalue weighted by Gasteiger charge is 2.03. The molecule has 1 aromatic rings. The molecule has 0 spiro atoms. The third kappa shape index (κ3) is 19.1. The van der Waals surface area contributed by atoms with Gasteiger partial charge in [0, 0.05) is 0 Å². The third-order valence-electron chi connectivity index (χ3n) is 5.23. The molecule has 1 aromatic carbocycles. The average molecular weight is 485 g/mol. The quantitative estimate of drug-likeness (QED) is 0.195. The Kier molecular flexibility index (Phi) is 22.6. The van der Waals surface area contributed by atoms with Crippen LogP contribution in [0, 0.1) is 0 Å². The van der Waals surface area contributed by atoms with Gasteiger partial charge in [0.05, 0.1) is 72.7 Å².